The molecule has 0 amide bonds. The molecule has 2 heterocycles. The molecule has 0 aliphatic carbocycles. The van der Waals surface area contributed by atoms with Gasteiger partial charge in [0.1, 0.15) is 0 Å². The molecule has 0 saturated carbocycles. The third-order valence-corrected chi connectivity index (χ3v) is 6.87. The molecule has 5 aromatic rings. The van der Waals surface area contributed by atoms with Crippen LogP contribution in [-0.2, 0) is 16.6 Å². The minimum atomic E-state index is -3.81. The van der Waals surface area contributed by atoms with Crippen molar-refractivity contribution in [3.05, 3.63) is 103 Å². The Balaban J connectivity index is 1.20. The lowest BCUT2D eigenvalue weighted by Gasteiger charge is -2.10. The minimum absolute atomic E-state index is 0.00563. The molecule has 5 rings (SSSR count). The van der Waals surface area contributed by atoms with E-state index in [0.717, 1.165) is 5.69 Å². The van der Waals surface area contributed by atoms with Crippen molar-refractivity contribution < 1.29 is 8.42 Å². The van der Waals surface area contributed by atoms with Gasteiger partial charge in [0, 0.05) is 24.3 Å². The van der Waals surface area contributed by atoms with Crippen molar-refractivity contribution in [2.75, 3.05) is 15.4 Å². The molecule has 0 spiro atoms. The lowest BCUT2D eigenvalue weighted by molar-refractivity contribution is 0.601. The third kappa shape index (κ3) is 5.48. The number of benzene rings is 3. The molecule has 2 aromatic heterocycles. The quantitative estimate of drug-likeness (QED) is 0.272. The van der Waals surface area contributed by atoms with Crippen LogP contribution in [0.3, 0.4) is 0 Å². The molecule has 0 atom stereocenters. The fourth-order valence-electron chi connectivity index (χ4n) is 3.66. The summed E-state index contributed by atoms with van der Waals surface area (Å²) >= 11 is 5.41. The van der Waals surface area contributed by atoms with Crippen molar-refractivity contribution in [3.8, 4) is 0 Å². The molecule has 3 N–H and O–H groups in total. The number of hydrogen-bond acceptors (Lipinski definition) is 6. The smallest absolute Gasteiger partial charge is 0.264 e. The van der Waals surface area contributed by atoms with Crippen LogP contribution < -0.4 is 15.4 Å². The number of sulfonamides is 1. The van der Waals surface area contributed by atoms with Crippen molar-refractivity contribution >= 4 is 55.4 Å². The zero-order valence-corrected chi connectivity index (χ0v) is 20.5. The summed E-state index contributed by atoms with van der Waals surface area (Å²) in [7, 11) is -3.81. The lowest BCUT2D eigenvalue weighted by Crippen LogP contribution is -2.19. The van der Waals surface area contributed by atoms with E-state index >= 15 is 0 Å². The Kier molecular flexibility index (Phi) is 6.56. The van der Waals surface area contributed by atoms with Crippen molar-refractivity contribution in [2.24, 2.45) is 0 Å². The highest BCUT2D eigenvalue weighted by molar-refractivity contribution is 7.92. The first-order chi connectivity index (χ1) is 17.5. The first-order valence-corrected chi connectivity index (χ1v) is 12.8. The summed E-state index contributed by atoms with van der Waals surface area (Å²) in [6.07, 6.45) is 6.49. The summed E-state index contributed by atoms with van der Waals surface area (Å²) in [5.74, 6) is 0.00563. The van der Waals surface area contributed by atoms with Crippen LogP contribution in [0.5, 0.6) is 0 Å². The van der Waals surface area contributed by atoms with Gasteiger partial charge in [-0.05, 0) is 58.9 Å². The maximum absolute atomic E-state index is 12.5. The monoisotopic (exact) mass is 515 g/mol. The van der Waals surface area contributed by atoms with E-state index in [1.165, 1.54) is 40.9 Å². The fraction of sp³-hybridized carbons (Fsp3) is 0.0400. The first kappa shape index (κ1) is 23.4. The number of fused-ring (bicyclic) bond motifs is 1. The Bertz CT molecular complexity index is 1610. The van der Waals surface area contributed by atoms with Crippen molar-refractivity contribution in [1.29, 1.82) is 0 Å². The Morgan fingerprint density at radius 2 is 1.58 bits per heavy atom. The number of hydrogen-bond donors (Lipinski definition) is 3. The van der Waals surface area contributed by atoms with Gasteiger partial charge in [-0.2, -0.15) is 5.10 Å². The van der Waals surface area contributed by atoms with Gasteiger partial charge in [0.15, 0.2) is 5.11 Å². The SMILES string of the molecule is O=S(=O)(Nc1ncccn1)c1ccc(NC(=S)Nc2cnn(Cc3cccc4ccccc34)c2)cc1. The van der Waals surface area contributed by atoms with Crippen LogP contribution in [0.2, 0.25) is 0 Å². The van der Waals surface area contributed by atoms with Crippen LogP contribution in [0.15, 0.2) is 102 Å². The highest BCUT2D eigenvalue weighted by atomic mass is 32.2. The summed E-state index contributed by atoms with van der Waals surface area (Å²) in [4.78, 5) is 7.84. The molecule has 9 nitrogen and oxygen atoms in total. The molecule has 0 aliphatic rings. The van der Waals surface area contributed by atoms with Gasteiger partial charge < -0.3 is 10.6 Å². The number of nitrogens with one attached hydrogen (secondary N) is 3. The number of rotatable bonds is 7. The molecule has 0 bridgehead atoms. The van der Waals surface area contributed by atoms with E-state index in [1.807, 2.05) is 29.1 Å². The normalized spacial score (nSPS) is 11.2. The molecule has 0 unspecified atom stereocenters. The predicted molar refractivity (Wildman–Crippen MR) is 144 cm³/mol. The molecule has 0 fully saturated rings. The summed E-state index contributed by atoms with van der Waals surface area (Å²) in [5.41, 5.74) is 2.54. The molecule has 36 heavy (non-hydrogen) atoms. The molecule has 3 aromatic carbocycles. The van der Waals surface area contributed by atoms with Crippen LogP contribution in [0.25, 0.3) is 10.8 Å². The van der Waals surface area contributed by atoms with Crippen LogP contribution in [0.4, 0.5) is 17.3 Å². The Morgan fingerprint density at radius 3 is 2.39 bits per heavy atom. The van der Waals surface area contributed by atoms with E-state index in [1.54, 1.807) is 24.4 Å². The van der Waals surface area contributed by atoms with Gasteiger partial charge in [-0.1, -0.05) is 42.5 Å². The van der Waals surface area contributed by atoms with Gasteiger partial charge in [0.25, 0.3) is 10.0 Å². The number of nitrogens with zero attached hydrogens (tertiary/aromatic N) is 4. The lowest BCUT2D eigenvalue weighted by atomic mass is 10.0. The standard InChI is InChI=1S/C25H21N7O2S2/c33-36(34,31-24-26-13-4-14-27-24)22-11-9-20(10-12-22)29-25(35)30-21-15-28-32(17-21)16-19-7-3-6-18-5-1-2-8-23(18)19/h1-15,17H,16H2,(H,26,27,31)(H2,29,30,35). The Morgan fingerprint density at radius 1 is 0.861 bits per heavy atom. The van der Waals surface area contributed by atoms with E-state index in [4.69, 9.17) is 12.2 Å². The van der Waals surface area contributed by atoms with Gasteiger partial charge in [0.05, 0.1) is 23.3 Å². The van der Waals surface area contributed by atoms with Gasteiger partial charge >= 0.3 is 0 Å². The third-order valence-electron chi connectivity index (χ3n) is 5.32. The van der Waals surface area contributed by atoms with E-state index in [2.05, 4.69) is 54.7 Å². The van der Waals surface area contributed by atoms with Crippen LogP contribution in [-0.4, -0.2) is 33.3 Å². The summed E-state index contributed by atoms with van der Waals surface area (Å²) in [6.45, 7) is 0.626. The maximum atomic E-state index is 12.5. The predicted octanol–water partition coefficient (Wildman–Crippen LogP) is 4.48. The van der Waals surface area contributed by atoms with Gasteiger partial charge in [-0.25, -0.2) is 23.1 Å². The van der Waals surface area contributed by atoms with Gasteiger partial charge in [0.2, 0.25) is 5.95 Å². The Hall–Kier alpha value is -4.35. The molecular formula is C25H21N7O2S2. The minimum Gasteiger partial charge on any atom is -0.332 e. The van der Waals surface area contributed by atoms with Crippen LogP contribution in [0.1, 0.15) is 5.56 Å². The summed E-state index contributed by atoms with van der Waals surface area (Å²) < 4.78 is 29.2. The average Bonchev–Trinajstić information content (AvgIpc) is 3.31. The highest BCUT2D eigenvalue weighted by Gasteiger charge is 2.15. The van der Waals surface area contributed by atoms with Crippen LogP contribution in [0, 0.1) is 0 Å². The number of aromatic nitrogens is 4. The van der Waals surface area contributed by atoms with Crippen molar-refractivity contribution in [2.45, 2.75) is 11.4 Å². The zero-order chi connectivity index (χ0) is 25.0. The second-order valence-electron chi connectivity index (χ2n) is 7.85. The summed E-state index contributed by atoms with van der Waals surface area (Å²) in [6, 6.07) is 22.3. The molecule has 180 valence electrons. The van der Waals surface area contributed by atoms with Crippen LogP contribution >= 0.6 is 12.2 Å². The van der Waals surface area contributed by atoms with E-state index < -0.39 is 10.0 Å². The number of thiocarbonyl (C=S) groups is 1. The fourth-order valence-corrected chi connectivity index (χ4v) is 4.85. The molecule has 0 aliphatic heterocycles. The Labute approximate surface area is 213 Å². The highest BCUT2D eigenvalue weighted by Crippen LogP contribution is 2.20. The van der Waals surface area contributed by atoms with Gasteiger partial charge in [-0.15, -0.1) is 0 Å². The second-order valence-corrected chi connectivity index (χ2v) is 9.94. The zero-order valence-electron chi connectivity index (χ0n) is 18.9. The molecule has 0 radical (unpaired) electrons. The summed E-state index contributed by atoms with van der Waals surface area (Å²) in [5, 5.41) is 13.3. The second kappa shape index (κ2) is 10.1. The average molecular weight is 516 g/mol. The van der Waals surface area contributed by atoms with E-state index in [0.29, 0.717) is 17.3 Å². The first-order valence-electron chi connectivity index (χ1n) is 10.9. The van der Waals surface area contributed by atoms with Crippen molar-refractivity contribution in [1.82, 2.24) is 19.7 Å². The molecule has 11 heteroatoms. The number of anilines is 3. The van der Waals surface area contributed by atoms with E-state index in [-0.39, 0.29) is 10.8 Å². The topological polar surface area (TPSA) is 114 Å². The van der Waals surface area contributed by atoms with E-state index in [9.17, 15) is 8.42 Å². The maximum Gasteiger partial charge on any atom is 0.264 e. The molecular weight excluding hydrogens is 494 g/mol. The van der Waals surface area contributed by atoms with Crippen molar-refractivity contribution in [3.63, 3.8) is 0 Å². The largest absolute Gasteiger partial charge is 0.332 e. The molecule has 0 saturated heterocycles. The van der Waals surface area contributed by atoms with Gasteiger partial charge in [-0.3, -0.25) is 4.68 Å².